The van der Waals surface area contributed by atoms with E-state index in [1.165, 1.54) is 0 Å². The van der Waals surface area contributed by atoms with Crippen molar-refractivity contribution < 1.29 is 23.0 Å². The molecule has 7 heteroatoms. The van der Waals surface area contributed by atoms with E-state index in [9.17, 15) is 18.8 Å². The maximum atomic E-state index is 11.8. The molecule has 3 atom stereocenters. The van der Waals surface area contributed by atoms with E-state index in [-0.39, 0.29) is 6.79 Å². The average Bonchev–Trinajstić information content (AvgIpc) is 2.89. The van der Waals surface area contributed by atoms with Gasteiger partial charge in [0.2, 0.25) is 6.79 Å². The lowest BCUT2D eigenvalue weighted by Crippen LogP contribution is -2.16. The molecule has 0 spiro atoms. The van der Waals surface area contributed by atoms with Crippen molar-refractivity contribution in [3.63, 3.8) is 0 Å². The molecule has 1 fully saturated rings. The second-order valence-corrected chi connectivity index (χ2v) is 7.32. The van der Waals surface area contributed by atoms with Crippen molar-refractivity contribution in [3.05, 3.63) is 23.8 Å². The Bertz CT molecular complexity index is 708. The van der Waals surface area contributed by atoms with Crippen LogP contribution in [0.25, 0.3) is 0 Å². The number of nitriles is 1. The SMILES string of the molecule is CS(=O)(=O)[C@H]1[C@H](c2ccc3c(c2)OCO3)[C@@]1(C#N)CO. The Morgan fingerprint density at radius 2 is 2.15 bits per heavy atom. The Labute approximate surface area is 116 Å². The van der Waals surface area contributed by atoms with Crippen molar-refractivity contribution >= 4 is 9.84 Å². The van der Waals surface area contributed by atoms with Crippen molar-refractivity contribution in [1.82, 2.24) is 0 Å². The molecule has 20 heavy (non-hydrogen) atoms. The topological polar surface area (TPSA) is 96.6 Å². The number of aliphatic hydroxyl groups is 1. The summed E-state index contributed by atoms with van der Waals surface area (Å²) < 4.78 is 34.1. The summed E-state index contributed by atoms with van der Waals surface area (Å²) in [4.78, 5) is 0. The summed E-state index contributed by atoms with van der Waals surface area (Å²) in [5, 5.41) is 17.9. The molecule has 106 valence electrons. The van der Waals surface area contributed by atoms with Gasteiger partial charge in [-0.2, -0.15) is 5.26 Å². The molecular formula is C13H13NO5S. The first-order valence-electron chi connectivity index (χ1n) is 6.04. The van der Waals surface area contributed by atoms with Gasteiger partial charge in [0.1, 0.15) is 5.41 Å². The number of sulfone groups is 1. The van der Waals surface area contributed by atoms with Crippen LogP contribution in [0.2, 0.25) is 0 Å². The number of fused-ring (bicyclic) bond motifs is 1. The molecule has 0 bridgehead atoms. The molecule has 2 aliphatic rings. The van der Waals surface area contributed by atoms with E-state index < -0.39 is 33.0 Å². The summed E-state index contributed by atoms with van der Waals surface area (Å²) >= 11 is 0. The van der Waals surface area contributed by atoms with E-state index >= 15 is 0 Å². The Kier molecular flexibility index (Phi) is 2.71. The number of ether oxygens (including phenoxy) is 2. The first kappa shape index (κ1) is 13.2. The standard InChI is InChI=1S/C13H13NO5S/c1-20(16,17)12-11(13(12,5-14)6-15)8-2-3-9-10(4-8)19-7-18-9/h2-4,11-12,15H,6-7H2,1H3/t11-,12-,13+/m0/s1. The second kappa shape index (κ2) is 4.11. The van der Waals surface area contributed by atoms with Gasteiger partial charge in [-0.25, -0.2) is 8.42 Å². The number of nitrogens with zero attached hydrogens (tertiary/aromatic N) is 1. The van der Waals surface area contributed by atoms with Crippen molar-refractivity contribution in [2.75, 3.05) is 19.7 Å². The molecule has 0 radical (unpaired) electrons. The largest absolute Gasteiger partial charge is 0.454 e. The molecule has 1 aliphatic heterocycles. The molecule has 0 amide bonds. The minimum Gasteiger partial charge on any atom is -0.454 e. The van der Waals surface area contributed by atoms with Crippen LogP contribution in [0.15, 0.2) is 18.2 Å². The quantitative estimate of drug-likeness (QED) is 0.868. The fourth-order valence-corrected chi connectivity index (χ4v) is 4.82. The third kappa shape index (κ3) is 1.69. The van der Waals surface area contributed by atoms with E-state index in [0.29, 0.717) is 17.1 Å². The van der Waals surface area contributed by atoms with Gasteiger partial charge in [-0.15, -0.1) is 0 Å². The van der Waals surface area contributed by atoms with Gasteiger partial charge >= 0.3 is 0 Å². The van der Waals surface area contributed by atoms with Gasteiger partial charge in [-0.05, 0) is 17.7 Å². The molecule has 0 saturated heterocycles. The summed E-state index contributed by atoms with van der Waals surface area (Å²) in [5.41, 5.74) is -0.596. The molecule has 1 saturated carbocycles. The minimum absolute atomic E-state index is 0.127. The molecule has 6 nitrogen and oxygen atoms in total. The van der Waals surface area contributed by atoms with Crippen molar-refractivity contribution in [3.8, 4) is 17.6 Å². The lowest BCUT2D eigenvalue weighted by atomic mass is 10.0. The molecule has 1 heterocycles. The molecule has 0 aromatic heterocycles. The Morgan fingerprint density at radius 3 is 2.70 bits per heavy atom. The Morgan fingerprint density at radius 1 is 1.45 bits per heavy atom. The molecule has 3 rings (SSSR count). The average molecular weight is 295 g/mol. The van der Waals surface area contributed by atoms with E-state index in [1.807, 2.05) is 6.07 Å². The highest BCUT2D eigenvalue weighted by atomic mass is 32.2. The summed E-state index contributed by atoms with van der Waals surface area (Å²) in [6.07, 6.45) is 1.09. The summed E-state index contributed by atoms with van der Waals surface area (Å²) in [7, 11) is -3.43. The zero-order valence-corrected chi connectivity index (χ0v) is 11.6. The van der Waals surface area contributed by atoms with Crippen LogP contribution < -0.4 is 9.47 Å². The van der Waals surface area contributed by atoms with Crippen LogP contribution >= 0.6 is 0 Å². The van der Waals surface area contributed by atoms with Crippen molar-refractivity contribution in [1.29, 1.82) is 5.26 Å². The monoisotopic (exact) mass is 295 g/mol. The molecule has 1 aromatic rings. The van der Waals surface area contributed by atoms with Gasteiger partial charge in [0.25, 0.3) is 0 Å². The number of benzene rings is 1. The zero-order valence-electron chi connectivity index (χ0n) is 10.7. The van der Waals surface area contributed by atoms with Crippen molar-refractivity contribution in [2.45, 2.75) is 11.2 Å². The molecular weight excluding hydrogens is 282 g/mol. The highest BCUT2D eigenvalue weighted by Gasteiger charge is 2.70. The van der Waals surface area contributed by atoms with Crippen molar-refractivity contribution in [2.24, 2.45) is 5.41 Å². The maximum Gasteiger partial charge on any atom is 0.231 e. The van der Waals surface area contributed by atoms with Gasteiger partial charge in [0, 0.05) is 12.2 Å². The molecule has 1 N–H and O–H groups in total. The molecule has 1 aromatic carbocycles. The fourth-order valence-electron chi connectivity index (χ4n) is 2.97. The van der Waals surface area contributed by atoms with Gasteiger partial charge in [0.05, 0.1) is 17.9 Å². The normalized spacial score (nSPS) is 30.9. The second-order valence-electron chi connectivity index (χ2n) is 5.15. The molecule has 1 aliphatic carbocycles. The van der Waals surface area contributed by atoms with Gasteiger partial charge < -0.3 is 14.6 Å². The first-order chi connectivity index (χ1) is 9.44. The van der Waals surface area contributed by atoms with Gasteiger partial charge in [-0.3, -0.25) is 0 Å². The number of hydrogen-bond acceptors (Lipinski definition) is 6. The number of rotatable bonds is 3. The van der Waals surface area contributed by atoms with E-state index in [2.05, 4.69) is 0 Å². The van der Waals surface area contributed by atoms with Gasteiger partial charge in [0.15, 0.2) is 21.3 Å². The van der Waals surface area contributed by atoms with E-state index in [1.54, 1.807) is 18.2 Å². The summed E-state index contributed by atoms with van der Waals surface area (Å²) in [6, 6.07) is 7.06. The number of aliphatic hydroxyl groups excluding tert-OH is 1. The van der Waals surface area contributed by atoms with Crippen LogP contribution in [0.3, 0.4) is 0 Å². The van der Waals surface area contributed by atoms with Crippen LogP contribution in [0.1, 0.15) is 11.5 Å². The van der Waals surface area contributed by atoms with E-state index in [4.69, 9.17) is 9.47 Å². The third-order valence-electron chi connectivity index (χ3n) is 3.94. The van der Waals surface area contributed by atoms with Crippen LogP contribution in [-0.4, -0.2) is 38.4 Å². The first-order valence-corrected chi connectivity index (χ1v) is 8.00. The number of hydrogen-bond donors (Lipinski definition) is 1. The predicted molar refractivity (Wildman–Crippen MR) is 69.1 cm³/mol. The van der Waals surface area contributed by atoms with Crippen LogP contribution in [0, 0.1) is 16.7 Å². The van der Waals surface area contributed by atoms with Crippen LogP contribution in [-0.2, 0) is 9.84 Å². The summed E-state index contributed by atoms with van der Waals surface area (Å²) in [6.45, 7) is -0.358. The zero-order chi connectivity index (χ0) is 14.5. The van der Waals surface area contributed by atoms with Crippen LogP contribution in [0.4, 0.5) is 0 Å². The Hall–Kier alpha value is -1.78. The van der Waals surface area contributed by atoms with Gasteiger partial charge in [-0.1, -0.05) is 6.07 Å². The third-order valence-corrected chi connectivity index (χ3v) is 5.56. The fraction of sp³-hybridized carbons (Fsp3) is 0.462. The summed E-state index contributed by atoms with van der Waals surface area (Å²) in [5.74, 6) is 0.588. The Balaban J connectivity index is 2.04. The highest BCUT2D eigenvalue weighted by molar-refractivity contribution is 7.91. The highest BCUT2D eigenvalue weighted by Crippen LogP contribution is 2.62. The maximum absolute atomic E-state index is 11.8. The molecule has 0 unspecified atom stereocenters. The minimum atomic E-state index is -3.43. The predicted octanol–water partition coefficient (Wildman–Crippen LogP) is 0.428. The lowest BCUT2D eigenvalue weighted by molar-refractivity contribution is 0.174. The van der Waals surface area contributed by atoms with Crippen LogP contribution in [0.5, 0.6) is 11.5 Å². The lowest BCUT2D eigenvalue weighted by Gasteiger charge is -2.04. The van der Waals surface area contributed by atoms with E-state index in [0.717, 1.165) is 6.26 Å². The smallest absolute Gasteiger partial charge is 0.231 e.